The van der Waals surface area contributed by atoms with Gasteiger partial charge in [0.1, 0.15) is 0 Å². The molecule has 0 fully saturated rings. The van der Waals surface area contributed by atoms with Crippen molar-refractivity contribution in [2.24, 2.45) is 0 Å². The summed E-state index contributed by atoms with van der Waals surface area (Å²) in [5, 5.41) is 2.24. The number of carbonyl (C=O) groups excluding carboxylic acids is 1. The maximum atomic E-state index is 10.4. The monoisotopic (exact) mass is 239 g/mol. The predicted octanol–water partition coefficient (Wildman–Crippen LogP) is 0.894. The summed E-state index contributed by atoms with van der Waals surface area (Å²) < 4.78 is 15.6. The van der Waals surface area contributed by atoms with Gasteiger partial charge in [-0.05, 0) is 6.42 Å². The van der Waals surface area contributed by atoms with Gasteiger partial charge in [0.15, 0.2) is 0 Å². The van der Waals surface area contributed by atoms with Gasteiger partial charge in [0, 0.05) is 33.9 Å². The van der Waals surface area contributed by atoms with Crippen molar-refractivity contribution in [3.8, 4) is 0 Å². The van der Waals surface area contributed by atoms with Crippen LogP contribution in [0.3, 0.4) is 0 Å². The highest BCUT2D eigenvalue weighted by atomic mass is 32.1. The van der Waals surface area contributed by atoms with Crippen LogP contribution in [0.1, 0.15) is 6.42 Å². The number of hydrogen-bond acceptors (Lipinski definition) is 4. The third-order valence-electron chi connectivity index (χ3n) is 1.87. The van der Waals surface area contributed by atoms with Gasteiger partial charge in [0.05, 0.1) is 0 Å². The molecule has 1 N–H and O–H groups in total. The van der Waals surface area contributed by atoms with E-state index in [0.29, 0.717) is 12.6 Å². The first-order valence-electron chi connectivity index (χ1n) is 4.22. The minimum atomic E-state index is -2.47. The van der Waals surface area contributed by atoms with Crippen molar-refractivity contribution >= 4 is 26.7 Å². The molecule has 5 nitrogen and oxygen atoms in total. The first-order valence-corrected chi connectivity index (χ1v) is 6.60. The molecule has 1 amide bonds. The number of thiol groups is 1. The fourth-order valence-electron chi connectivity index (χ4n) is 1.06. The second kappa shape index (κ2) is 7.24. The molecule has 0 aliphatic heterocycles. The van der Waals surface area contributed by atoms with Crippen molar-refractivity contribution in [2.45, 2.75) is 12.5 Å². The number of amides is 1. The molecule has 84 valence electrons. The zero-order chi connectivity index (χ0) is 11.0. The molecule has 0 aliphatic rings. The van der Waals surface area contributed by atoms with Crippen LogP contribution in [0.15, 0.2) is 0 Å². The van der Waals surface area contributed by atoms with Crippen molar-refractivity contribution < 1.29 is 18.1 Å². The van der Waals surface area contributed by atoms with Gasteiger partial charge in [-0.25, -0.2) is 0 Å². The number of hydrogen-bond donors (Lipinski definition) is 2. The van der Waals surface area contributed by atoms with Gasteiger partial charge >= 0.3 is 8.80 Å². The molecule has 0 atom stereocenters. The summed E-state index contributed by atoms with van der Waals surface area (Å²) in [6.45, 7) is 0.549. The van der Waals surface area contributed by atoms with Crippen LogP contribution >= 0.6 is 12.6 Å². The molecule has 0 aromatic rings. The molecule has 0 bridgehead atoms. The fourth-order valence-corrected chi connectivity index (χ4v) is 2.89. The van der Waals surface area contributed by atoms with Crippen LogP contribution in [-0.4, -0.2) is 41.9 Å². The fraction of sp³-hybridized carbons (Fsp3) is 0.857. The highest BCUT2D eigenvalue weighted by molar-refractivity contribution is 7.96. The SMILES string of the molecule is CO[Si](CCCNC(=O)S)(OC)OC. The number of carbonyl (C=O) groups is 1. The zero-order valence-electron chi connectivity index (χ0n) is 8.70. The molecule has 0 aliphatic carbocycles. The van der Waals surface area contributed by atoms with Gasteiger partial charge in [-0.3, -0.25) is 4.79 Å². The molecule has 0 radical (unpaired) electrons. The first kappa shape index (κ1) is 13.9. The van der Waals surface area contributed by atoms with Crippen LogP contribution in [0.5, 0.6) is 0 Å². The Bertz CT molecular complexity index is 169. The Morgan fingerprint density at radius 2 is 1.79 bits per heavy atom. The molecular formula is C7H17NO4SSi. The Labute approximate surface area is 90.9 Å². The Morgan fingerprint density at radius 1 is 1.29 bits per heavy atom. The second-order valence-corrected chi connectivity index (χ2v) is 6.13. The number of rotatable bonds is 7. The molecule has 0 spiro atoms. The average molecular weight is 239 g/mol. The molecule has 0 unspecified atom stereocenters. The largest absolute Gasteiger partial charge is 0.500 e. The first-order chi connectivity index (χ1) is 6.60. The summed E-state index contributed by atoms with van der Waals surface area (Å²) >= 11 is 3.58. The highest BCUT2D eigenvalue weighted by Gasteiger charge is 2.36. The average Bonchev–Trinajstić information content (AvgIpc) is 2.19. The summed E-state index contributed by atoms with van der Waals surface area (Å²) in [7, 11) is 2.23. The Hall–Kier alpha value is -0.0831. The molecule has 0 saturated carbocycles. The van der Waals surface area contributed by atoms with E-state index in [-0.39, 0.29) is 5.24 Å². The van der Waals surface area contributed by atoms with Crippen molar-refractivity contribution in [3.05, 3.63) is 0 Å². The topological polar surface area (TPSA) is 56.8 Å². The van der Waals surface area contributed by atoms with E-state index in [9.17, 15) is 4.79 Å². The Morgan fingerprint density at radius 3 is 2.14 bits per heavy atom. The quantitative estimate of drug-likeness (QED) is 0.394. The van der Waals surface area contributed by atoms with E-state index in [1.807, 2.05) is 0 Å². The maximum absolute atomic E-state index is 10.4. The standard InChI is InChI=1S/C7H17NO4SSi/c1-10-14(11-2,12-3)6-4-5-8-7(9)13/h4-6H2,1-3H3,(H2,8,9,13). The van der Waals surface area contributed by atoms with Crippen LogP contribution in [0, 0.1) is 0 Å². The lowest BCUT2D eigenvalue weighted by atomic mass is 10.5. The normalized spacial score (nSPS) is 11.4. The van der Waals surface area contributed by atoms with Gasteiger partial charge in [-0.2, -0.15) is 0 Å². The molecule has 0 heterocycles. The van der Waals surface area contributed by atoms with E-state index in [4.69, 9.17) is 13.3 Å². The van der Waals surface area contributed by atoms with Gasteiger partial charge in [-0.15, -0.1) is 0 Å². The minimum absolute atomic E-state index is 0.329. The van der Waals surface area contributed by atoms with Crippen molar-refractivity contribution in [2.75, 3.05) is 27.9 Å². The van der Waals surface area contributed by atoms with Crippen molar-refractivity contribution in [1.29, 1.82) is 0 Å². The summed E-state index contributed by atoms with van der Waals surface area (Å²) in [4.78, 5) is 10.4. The van der Waals surface area contributed by atoms with Gasteiger partial charge in [0.2, 0.25) is 0 Å². The van der Waals surface area contributed by atoms with Crippen LogP contribution in [0.2, 0.25) is 6.04 Å². The minimum Gasteiger partial charge on any atom is -0.377 e. The molecule has 7 heteroatoms. The highest BCUT2D eigenvalue weighted by Crippen LogP contribution is 2.14. The van der Waals surface area contributed by atoms with E-state index >= 15 is 0 Å². The van der Waals surface area contributed by atoms with E-state index < -0.39 is 8.80 Å². The van der Waals surface area contributed by atoms with Crippen LogP contribution in [0.25, 0.3) is 0 Å². The van der Waals surface area contributed by atoms with Gasteiger partial charge < -0.3 is 18.6 Å². The van der Waals surface area contributed by atoms with E-state index in [0.717, 1.165) is 6.42 Å². The third-order valence-corrected chi connectivity index (χ3v) is 4.86. The van der Waals surface area contributed by atoms with Crippen LogP contribution in [0.4, 0.5) is 4.79 Å². The van der Waals surface area contributed by atoms with Crippen LogP contribution < -0.4 is 5.32 Å². The summed E-state index contributed by atoms with van der Waals surface area (Å²) in [5.74, 6) is 0. The smallest absolute Gasteiger partial charge is 0.377 e. The lowest BCUT2D eigenvalue weighted by molar-refractivity contribution is 0.123. The summed E-state index contributed by atoms with van der Waals surface area (Å²) in [6, 6.07) is 0.671. The second-order valence-electron chi connectivity index (χ2n) is 2.63. The molecule has 0 aromatic heterocycles. The summed E-state index contributed by atoms with van der Waals surface area (Å²) in [6.07, 6.45) is 0.744. The summed E-state index contributed by atoms with van der Waals surface area (Å²) in [5.41, 5.74) is 0. The van der Waals surface area contributed by atoms with E-state index in [1.165, 1.54) is 0 Å². The Kier molecular flexibility index (Phi) is 7.20. The lowest BCUT2D eigenvalue weighted by Gasteiger charge is -2.24. The zero-order valence-corrected chi connectivity index (χ0v) is 10.6. The predicted molar refractivity (Wildman–Crippen MR) is 58.6 cm³/mol. The molecular weight excluding hydrogens is 222 g/mol. The molecule has 0 rings (SSSR count). The molecule has 0 aromatic carbocycles. The Balaban J connectivity index is 3.77. The van der Waals surface area contributed by atoms with Crippen molar-refractivity contribution in [1.82, 2.24) is 5.32 Å². The van der Waals surface area contributed by atoms with Gasteiger partial charge in [-0.1, -0.05) is 12.6 Å². The molecule has 0 saturated heterocycles. The van der Waals surface area contributed by atoms with E-state index in [2.05, 4.69) is 17.9 Å². The third kappa shape index (κ3) is 4.96. The van der Waals surface area contributed by atoms with Crippen molar-refractivity contribution in [3.63, 3.8) is 0 Å². The number of nitrogens with one attached hydrogen (secondary N) is 1. The van der Waals surface area contributed by atoms with Crippen LogP contribution in [-0.2, 0) is 13.3 Å². The lowest BCUT2D eigenvalue weighted by Crippen LogP contribution is -2.43. The molecule has 14 heavy (non-hydrogen) atoms. The van der Waals surface area contributed by atoms with Gasteiger partial charge in [0.25, 0.3) is 5.24 Å². The van der Waals surface area contributed by atoms with E-state index in [1.54, 1.807) is 21.3 Å². The maximum Gasteiger partial charge on any atom is 0.500 e.